The Morgan fingerprint density at radius 3 is 1.37 bits per heavy atom. The number of nitrogens with zero attached hydrogens (tertiary/aromatic N) is 2. The maximum Gasteiger partial charge on any atom is 0.179 e. The van der Waals surface area contributed by atoms with Gasteiger partial charge in [-0.2, -0.15) is 0 Å². The van der Waals surface area contributed by atoms with E-state index in [2.05, 4.69) is 270 Å². The van der Waals surface area contributed by atoms with Crippen LogP contribution in [-0.4, -0.2) is 17.2 Å². The van der Waals surface area contributed by atoms with Crippen molar-refractivity contribution in [2.45, 2.75) is 0 Å². The summed E-state index contributed by atoms with van der Waals surface area (Å²) in [5.74, 6) is 0. The highest BCUT2D eigenvalue weighted by atomic mass is 28.3. The van der Waals surface area contributed by atoms with Crippen molar-refractivity contribution in [2.24, 2.45) is 0 Å². The van der Waals surface area contributed by atoms with Gasteiger partial charge in [-0.25, -0.2) is 0 Å². The van der Waals surface area contributed by atoms with Crippen LogP contribution in [0.4, 0.5) is 0 Å². The summed E-state index contributed by atoms with van der Waals surface area (Å²) in [5, 5.41) is 12.5. The van der Waals surface area contributed by atoms with E-state index in [0.717, 1.165) is 44.4 Å². The van der Waals surface area contributed by atoms with Gasteiger partial charge in [-0.05, 0) is 104 Å². The lowest BCUT2D eigenvalue weighted by molar-refractivity contribution is 0.670. The van der Waals surface area contributed by atoms with Crippen LogP contribution in [0, 0.1) is 0 Å². The third kappa shape index (κ3) is 6.13. The average molecular weight is 909 g/mol. The quantitative estimate of drug-likeness (QED) is 0.110. The molecule has 14 rings (SSSR count). The summed E-state index contributed by atoms with van der Waals surface area (Å²) in [4.78, 5) is 0. The second kappa shape index (κ2) is 16.1. The molecule has 328 valence electrons. The molecule has 3 heterocycles. The first-order valence-electron chi connectivity index (χ1n) is 24.1. The molecule has 0 spiro atoms. The monoisotopic (exact) mass is 908 g/mol. The Kier molecular flexibility index (Phi) is 9.23. The van der Waals surface area contributed by atoms with Crippen LogP contribution in [0.15, 0.2) is 271 Å². The molecule has 0 bridgehead atoms. The van der Waals surface area contributed by atoms with Crippen molar-refractivity contribution >= 4 is 94.4 Å². The highest BCUT2D eigenvalue weighted by molar-refractivity contribution is 7.20. The Morgan fingerprint density at radius 2 is 0.729 bits per heavy atom. The fraction of sp³-hybridized carbons (Fsp3) is 0. The molecular weight excluding hydrogens is 865 g/mol. The number of hydrogen-bond donors (Lipinski definition) is 0. The van der Waals surface area contributed by atoms with Crippen molar-refractivity contribution in [3.8, 4) is 33.6 Å². The molecule has 3 nitrogen and oxygen atoms in total. The summed E-state index contributed by atoms with van der Waals surface area (Å²) in [6.45, 7) is 0. The summed E-state index contributed by atoms with van der Waals surface area (Å²) < 4.78 is 11.5. The van der Waals surface area contributed by atoms with Crippen LogP contribution in [0.25, 0.3) is 99.2 Å². The normalized spacial score (nSPS) is 12.0. The maximum atomic E-state index is 6.63. The van der Waals surface area contributed by atoms with Crippen LogP contribution in [0.5, 0.6) is 0 Å². The number of rotatable bonds is 8. The Balaban J connectivity index is 0.952. The Morgan fingerprint density at radius 1 is 0.271 bits per heavy atom. The number of aromatic nitrogens is 2. The molecule has 0 aliphatic carbocycles. The van der Waals surface area contributed by atoms with Crippen LogP contribution in [0.2, 0.25) is 0 Å². The molecule has 0 aliphatic rings. The van der Waals surface area contributed by atoms with Gasteiger partial charge in [-0.1, -0.05) is 200 Å². The van der Waals surface area contributed by atoms with E-state index in [1.165, 1.54) is 75.5 Å². The zero-order chi connectivity index (χ0) is 46.2. The van der Waals surface area contributed by atoms with Gasteiger partial charge in [0.1, 0.15) is 11.2 Å². The fourth-order valence-corrected chi connectivity index (χ4v) is 16.4. The highest BCUT2D eigenvalue weighted by Gasteiger charge is 2.42. The molecule has 14 aromatic rings. The molecule has 3 aromatic heterocycles. The first-order valence-corrected chi connectivity index (χ1v) is 26.1. The van der Waals surface area contributed by atoms with E-state index >= 15 is 0 Å². The predicted octanol–water partition coefficient (Wildman–Crippen LogP) is 14.5. The lowest BCUT2D eigenvalue weighted by Crippen LogP contribution is -2.74. The standard InChI is InChI=1S/C66H44N2OSi/c1-4-20-48(21-5-1)67-61-34-13-10-29-55(61)59-42-45(37-39-63(59)67)46-38-40-64-60(43-46)56-30-11-14-35-62(56)68(64)49-22-17-28-53(44-49)70(50-23-6-2-7-24-50,51-25-8-3-9-26-51)52-27-16-19-47(41-52)54-32-18-33-58-57-31-12-15-36-65(57)69-66(54)58/h1-44H. The summed E-state index contributed by atoms with van der Waals surface area (Å²) in [5.41, 5.74) is 13.5. The van der Waals surface area contributed by atoms with Gasteiger partial charge in [0.2, 0.25) is 0 Å². The summed E-state index contributed by atoms with van der Waals surface area (Å²) >= 11 is 0. The minimum Gasteiger partial charge on any atom is -0.455 e. The van der Waals surface area contributed by atoms with Crippen molar-refractivity contribution in [1.82, 2.24) is 9.13 Å². The van der Waals surface area contributed by atoms with Gasteiger partial charge in [-0.15, -0.1) is 0 Å². The van der Waals surface area contributed by atoms with E-state index in [1.807, 2.05) is 6.07 Å². The second-order valence-electron chi connectivity index (χ2n) is 18.4. The molecule has 0 saturated heterocycles. The van der Waals surface area contributed by atoms with Crippen molar-refractivity contribution in [1.29, 1.82) is 0 Å². The number of benzene rings is 11. The Hall–Kier alpha value is -8.96. The summed E-state index contributed by atoms with van der Waals surface area (Å²) in [7, 11) is -3.00. The van der Waals surface area contributed by atoms with Crippen LogP contribution in [0.3, 0.4) is 0 Å². The molecule has 4 heteroatoms. The molecule has 0 unspecified atom stereocenters. The van der Waals surface area contributed by atoms with E-state index in [4.69, 9.17) is 4.42 Å². The fourth-order valence-electron chi connectivity index (χ4n) is 11.6. The Bertz CT molecular complexity index is 4260. The minimum absolute atomic E-state index is 0.904. The molecule has 0 saturated carbocycles. The summed E-state index contributed by atoms with van der Waals surface area (Å²) in [6.07, 6.45) is 0. The minimum atomic E-state index is -3.00. The lowest BCUT2D eigenvalue weighted by atomic mass is 10.0. The highest BCUT2D eigenvalue weighted by Crippen LogP contribution is 2.39. The molecule has 0 fully saturated rings. The molecule has 11 aromatic carbocycles. The zero-order valence-electron chi connectivity index (χ0n) is 38.2. The molecule has 0 aliphatic heterocycles. The number of para-hydroxylation sites is 5. The maximum absolute atomic E-state index is 6.63. The average Bonchev–Trinajstić information content (AvgIpc) is 4.10. The van der Waals surface area contributed by atoms with Gasteiger partial charge in [0.15, 0.2) is 8.07 Å². The van der Waals surface area contributed by atoms with Crippen molar-refractivity contribution in [3.63, 3.8) is 0 Å². The van der Waals surface area contributed by atoms with Crippen molar-refractivity contribution < 1.29 is 4.42 Å². The number of hydrogen-bond acceptors (Lipinski definition) is 1. The van der Waals surface area contributed by atoms with Gasteiger partial charge in [0.25, 0.3) is 0 Å². The van der Waals surface area contributed by atoms with E-state index in [0.29, 0.717) is 0 Å². The van der Waals surface area contributed by atoms with Crippen LogP contribution in [0.1, 0.15) is 0 Å². The topological polar surface area (TPSA) is 23.0 Å². The molecule has 0 atom stereocenters. The smallest absolute Gasteiger partial charge is 0.179 e. The van der Waals surface area contributed by atoms with Crippen molar-refractivity contribution in [3.05, 3.63) is 267 Å². The third-order valence-electron chi connectivity index (χ3n) is 14.7. The van der Waals surface area contributed by atoms with Gasteiger partial charge >= 0.3 is 0 Å². The number of fused-ring (bicyclic) bond motifs is 9. The molecule has 0 amide bonds. The SMILES string of the molecule is c1ccc(-n2c3ccccc3c3cc(-c4ccc5c(c4)c4ccccc4n5-c4cccc([Si](c5ccccc5)(c5ccccc5)c5cccc(-c6cccc7c6oc6ccccc67)c5)c4)ccc32)cc1. The zero-order valence-corrected chi connectivity index (χ0v) is 39.2. The third-order valence-corrected chi connectivity index (χ3v) is 19.4. The van der Waals surface area contributed by atoms with Gasteiger partial charge in [0, 0.05) is 49.3 Å². The van der Waals surface area contributed by atoms with E-state index in [1.54, 1.807) is 0 Å². The Labute approximate surface area is 406 Å². The lowest BCUT2D eigenvalue weighted by Gasteiger charge is -2.35. The van der Waals surface area contributed by atoms with Gasteiger partial charge in [0.05, 0.1) is 22.1 Å². The molecule has 0 radical (unpaired) electrons. The first kappa shape index (κ1) is 40.1. The largest absolute Gasteiger partial charge is 0.455 e. The van der Waals surface area contributed by atoms with E-state index in [-0.39, 0.29) is 0 Å². The van der Waals surface area contributed by atoms with E-state index < -0.39 is 8.07 Å². The van der Waals surface area contributed by atoms with Gasteiger partial charge in [-0.3, -0.25) is 0 Å². The van der Waals surface area contributed by atoms with Crippen LogP contribution < -0.4 is 20.7 Å². The summed E-state index contributed by atoms with van der Waals surface area (Å²) in [6, 6.07) is 98.4. The molecular formula is C66H44N2OSi. The molecule has 0 N–H and O–H groups in total. The first-order chi connectivity index (χ1) is 34.7. The van der Waals surface area contributed by atoms with E-state index in [9.17, 15) is 0 Å². The van der Waals surface area contributed by atoms with Crippen LogP contribution >= 0.6 is 0 Å². The number of furan rings is 1. The van der Waals surface area contributed by atoms with Gasteiger partial charge < -0.3 is 13.6 Å². The second-order valence-corrected chi connectivity index (χ2v) is 22.2. The molecule has 70 heavy (non-hydrogen) atoms. The van der Waals surface area contributed by atoms with Crippen molar-refractivity contribution in [2.75, 3.05) is 0 Å². The predicted molar refractivity (Wildman–Crippen MR) is 297 cm³/mol. The van der Waals surface area contributed by atoms with Crippen LogP contribution in [-0.2, 0) is 0 Å².